The van der Waals surface area contributed by atoms with Crippen molar-refractivity contribution >= 4 is 5.91 Å². The number of halogens is 3. The lowest BCUT2D eigenvalue weighted by Crippen LogP contribution is -2.57. The fourth-order valence-electron chi connectivity index (χ4n) is 2.94. The lowest BCUT2D eigenvalue weighted by Gasteiger charge is -2.34. The van der Waals surface area contributed by atoms with Crippen LogP contribution in [0.3, 0.4) is 0 Å². The van der Waals surface area contributed by atoms with Gasteiger partial charge in [-0.3, -0.25) is 4.79 Å². The molecule has 0 bridgehead atoms. The summed E-state index contributed by atoms with van der Waals surface area (Å²) in [7, 11) is 0. The van der Waals surface area contributed by atoms with Crippen LogP contribution in [-0.4, -0.2) is 43.4 Å². The Morgan fingerprint density at radius 2 is 2.10 bits per heavy atom. The number of morpholine rings is 1. The van der Waals surface area contributed by atoms with Crippen molar-refractivity contribution in [2.24, 2.45) is 5.92 Å². The lowest BCUT2D eigenvalue weighted by molar-refractivity contribution is -0.184. The molecule has 2 rings (SSSR count). The van der Waals surface area contributed by atoms with Gasteiger partial charge in [-0.15, -0.1) is 0 Å². The molecule has 4 nitrogen and oxygen atoms in total. The van der Waals surface area contributed by atoms with Gasteiger partial charge in [0.2, 0.25) is 5.91 Å². The molecule has 2 aliphatic rings. The molecule has 1 aliphatic carbocycles. The van der Waals surface area contributed by atoms with E-state index in [1.165, 1.54) is 0 Å². The molecule has 4 atom stereocenters. The van der Waals surface area contributed by atoms with Crippen LogP contribution < -0.4 is 10.6 Å². The van der Waals surface area contributed by atoms with Crippen LogP contribution in [0.25, 0.3) is 0 Å². The minimum Gasteiger partial charge on any atom is -0.375 e. The Kier molecular flexibility index (Phi) is 4.90. The van der Waals surface area contributed by atoms with E-state index in [0.717, 1.165) is 0 Å². The summed E-state index contributed by atoms with van der Waals surface area (Å²) in [6.45, 7) is 2.92. The first kappa shape index (κ1) is 15.6. The van der Waals surface area contributed by atoms with Gasteiger partial charge in [-0.1, -0.05) is 6.42 Å². The molecule has 0 radical (unpaired) electrons. The molecular weight excluding hydrogens is 273 g/mol. The van der Waals surface area contributed by atoms with Crippen LogP contribution in [0.5, 0.6) is 0 Å². The number of hydrogen-bond acceptors (Lipinski definition) is 3. The van der Waals surface area contributed by atoms with Crippen molar-refractivity contribution < 1.29 is 22.7 Å². The zero-order chi connectivity index (χ0) is 14.8. The summed E-state index contributed by atoms with van der Waals surface area (Å²) in [6, 6.07) is -0.867. The molecule has 0 spiro atoms. The van der Waals surface area contributed by atoms with Crippen molar-refractivity contribution in [3.8, 4) is 0 Å². The highest BCUT2D eigenvalue weighted by Crippen LogP contribution is 2.37. The summed E-state index contributed by atoms with van der Waals surface area (Å²) in [4.78, 5) is 12.1. The number of rotatable bonds is 2. The van der Waals surface area contributed by atoms with Crippen molar-refractivity contribution in [1.29, 1.82) is 0 Å². The number of ether oxygens (including phenoxy) is 1. The van der Waals surface area contributed by atoms with Gasteiger partial charge in [0.25, 0.3) is 0 Å². The van der Waals surface area contributed by atoms with Gasteiger partial charge >= 0.3 is 6.18 Å². The number of hydrogen-bond donors (Lipinski definition) is 2. The van der Waals surface area contributed by atoms with E-state index in [2.05, 4.69) is 10.6 Å². The van der Waals surface area contributed by atoms with E-state index in [4.69, 9.17) is 4.74 Å². The van der Waals surface area contributed by atoms with Crippen molar-refractivity contribution in [1.82, 2.24) is 10.6 Å². The van der Waals surface area contributed by atoms with Crippen LogP contribution in [0.2, 0.25) is 0 Å². The first-order valence-corrected chi connectivity index (χ1v) is 7.10. The molecule has 1 saturated carbocycles. The molecule has 1 saturated heterocycles. The largest absolute Gasteiger partial charge is 0.391 e. The van der Waals surface area contributed by atoms with Crippen LogP contribution >= 0.6 is 0 Å². The number of alkyl halides is 3. The maximum absolute atomic E-state index is 12.7. The van der Waals surface area contributed by atoms with E-state index >= 15 is 0 Å². The second-order valence-electron chi connectivity index (χ2n) is 5.62. The maximum Gasteiger partial charge on any atom is 0.391 e. The number of amides is 1. The van der Waals surface area contributed by atoms with E-state index in [1.54, 1.807) is 6.92 Å². The van der Waals surface area contributed by atoms with Gasteiger partial charge in [-0.2, -0.15) is 13.2 Å². The van der Waals surface area contributed by atoms with Gasteiger partial charge in [-0.25, -0.2) is 0 Å². The van der Waals surface area contributed by atoms with Gasteiger partial charge in [0, 0.05) is 12.6 Å². The zero-order valence-electron chi connectivity index (χ0n) is 11.5. The highest BCUT2D eigenvalue weighted by molar-refractivity contribution is 5.82. The van der Waals surface area contributed by atoms with Crippen molar-refractivity contribution in [2.75, 3.05) is 13.2 Å². The van der Waals surface area contributed by atoms with Gasteiger partial charge in [0.1, 0.15) is 6.04 Å². The van der Waals surface area contributed by atoms with Gasteiger partial charge in [0.15, 0.2) is 0 Å². The van der Waals surface area contributed by atoms with Crippen LogP contribution in [-0.2, 0) is 9.53 Å². The van der Waals surface area contributed by atoms with Crippen LogP contribution in [0.1, 0.15) is 32.6 Å². The lowest BCUT2D eigenvalue weighted by atomic mass is 9.85. The van der Waals surface area contributed by atoms with E-state index in [1.807, 2.05) is 0 Å². The molecule has 20 heavy (non-hydrogen) atoms. The van der Waals surface area contributed by atoms with Crippen molar-refractivity contribution in [3.63, 3.8) is 0 Å². The molecule has 0 aromatic heterocycles. The minimum atomic E-state index is -4.16. The first-order valence-electron chi connectivity index (χ1n) is 7.10. The SMILES string of the molecule is C[C@H]1OCCN[C@@H]1C(=O)NC1CCCC(C(F)(F)F)C1. The summed E-state index contributed by atoms with van der Waals surface area (Å²) in [5.74, 6) is -1.56. The molecule has 116 valence electrons. The molecule has 1 aliphatic heterocycles. The summed E-state index contributed by atoms with van der Waals surface area (Å²) in [5, 5.41) is 5.78. The Bertz CT molecular complexity index is 349. The Morgan fingerprint density at radius 3 is 2.75 bits per heavy atom. The Labute approximate surface area is 116 Å². The molecule has 0 aromatic rings. The average Bonchev–Trinajstić information content (AvgIpc) is 2.38. The van der Waals surface area contributed by atoms with Crippen LogP contribution in [0, 0.1) is 5.92 Å². The molecule has 1 heterocycles. The standard InChI is InChI=1S/C13H21F3N2O2/c1-8-11(17-5-6-20-8)12(19)18-10-4-2-3-9(7-10)13(14,15)16/h8-11,17H,2-7H2,1H3,(H,18,19)/t8-,9?,10?,11+/m1/s1. The second kappa shape index (κ2) is 6.30. The predicted molar refractivity (Wildman–Crippen MR) is 67.1 cm³/mol. The Balaban J connectivity index is 1.87. The summed E-state index contributed by atoms with van der Waals surface area (Å²) >= 11 is 0. The minimum absolute atomic E-state index is 0.0167. The monoisotopic (exact) mass is 294 g/mol. The normalized spacial score (nSPS) is 35.6. The number of carbonyl (C=O) groups is 1. The first-order chi connectivity index (χ1) is 9.38. The fourth-order valence-corrected chi connectivity index (χ4v) is 2.94. The van der Waals surface area contributed by atoms with E-state index < -0.39 is 18.1 Å². The Morgan fingerprint density at radius 1 is 1.35 bits per heavy atom. The third kappa shape index (κ3) is 3.85. The maximum atomic E-state index is 12.7. The summed E-state index contributed by atoms with van der Waals surface area (Å²) in [5.41, 5.74) is 0. The summed E-state index contributed by atoms with van der Waals surface area (Å²) < 4.78 is 43.5. The Hall–Kier alpha value is -0.820. The topological polar surface area (TPSA) is 50.4 Å². The molecule has 2 fully saturated rings. The fraction of sp³-hybridized carbons (Fsp3) is 0.923. The van der Waals surface area contributed by atoms with Gasteiger partial charge in [0.05, 0.1) is 18.6 Å². The number of nitrogens with one attached hydrogen (secondary N) is 2. The van der Waals surface area contributed by atoms with Crippen molar-refractivity contribution in [2.45, 2.75) is 57.0 Å². The quantitative estimate of drug-likeness (QED) is 0.813. The van der Waals surface area contributed by atoms with Gasteiger partial charge < -0.3 is 15.4 Å². The third-order valence-corrected chi connectivity index (χ3v) is 4.08. The van der Waals surface area contributed by atoms with Crippen molar-refractivity contribution in [3.05, 3.63) is 0 Å². The zero-order valence-corrected chi connectivity index (χ0v) is 11.5. The second-order valence-corrected chi connectivity index (χ2v) is 5.62. The summed E-state index contributed by atoms with van der Waals surface area (Å²) in [6.07, 6.45) is -3.16. The van der Waals surface area contributed by atoms with E-state index in [0.29, 0.717) is 26.0 Å². The molecule has 7 heteroatoms. The molecular formula is C13H21F3N2O2. The third-order valence-electron chi connectivity index (χ3n) is 4.08. The molecule has 2 N–H and O–H groups in total. The number of carbonyl (C=O) groups excluding carboxylic acids is 1. The molecule has 2 unspecified atom stereocenters. The van der Waals surface area contributed by atoms with Gasteiger partial charge in [-0.05, 0) is 26.2 Å². The van der Waals surface area contributed by atoms with E-state index in [-0.39, 0.29) is 30.9 Å². The van der Waals surface area contributed by atoms with E-state index in [9.17, 15) is 18.0 Å². The predicted octanol–water partition coefficient (Wildman–Crippen LogP) is 1.60. The highest BCUT2D eigenvalue weighted by atomic mass is 19.4. The smallest absolute Gasteiger partial charge is 0.375 e. The highest BCUT2D eigenvalue weighted by Gasteiger charge is 2.42. The molecule has 0 aromatic carbocycles. The molecule has 1 amide bonds. The van der Waals surface area contributed by atoms with Crippen LogP contribution in [0.15, 0.2) is 0 Å². The van der Waals surface area contributed by atoms with Crippen LogP contribution in [0.4, 0.5) is 13.2 Å². The average molecular weight is 294 g/mol.